The molecule has 0 aliphatic carbocycles. The fraction of sp³-hybridized carbons (Fsp3) is 0.625. The predicted molar refractivity (Wildman–Crippen MR) is 77.2 cm³/mol. The van der Waals surface area contributed by atoms with Crippen molar-refractivity contribution in [1.82, 2.24) is 4.90 Å². The lowest BCUT2D eigenvalue weighted by Crippen LogP contribution is -2.35. The van der Waals surface area contributed by atoms with Crippen LogP contribution in [0.3, 0.4) is 0 Å². The molecule has 2 heteroatoms. The summed E-state index contributed by atoms with van der Waals surface area (Å²) in [6.45, 7) is 9.31. The van der Waals surface area contributed by atoms with Crippen molar-refractivity contribution in [3.8, 4) is 0 Å². The lowest BCUT2D eigenvalue weighted by molar-refractivity contribution is 0.223. The van der Waals surface area contributed by atoms with Crippen LogP contribution in [0, 0.1) is 13.8 Å². The van der Waals surface area contributed by atoms with Crippen molar-refractivity contribution in [1.29, 1.82) is 0 Å². The smallest absolute Gasteiger partial charge is 0.0393 e. The van der Waals surface area contributed by atoms with E-state index in [1.165, 1.54) is 54.7 Å². The topological polar surface area (TPSA) is 15.3 Å². The van der Waals surface area contributed by atoms with Gasteiger partial charge >= 0.3 is 0 Å². The highest BCUT2D eigenvalue weighted by atomic mass is 15.2. The molecule has 1 saturated heterocycles. The number of rotatable bonds is 1. The minimum absolute atomic E-state index is 0.588. The van der Waals surface area contributed by atoms with Crippen LogP contribution in [-0.2, 0) is 0 Å². The molecule has 1 N–H and O–H groups in total. The molecule has 0 spiro atoms. The Balaban J connectivity index is 2.00. The van der Waals surface area contributed by atoms with E-state index in [0.717, 1.165) is 0 Å². The normalized spacial score (nSPS) is 27.9. The third kappa shape index (κ3) is 2.03. The van der Waals surface area contributed by atoms with Crippen molar-refractivity contribution in [3.63, 3.8) is 0 Å². The van der Waals surface area contributed by atoms with Crippen LogP contribution in [0.15, 0.2) is 12.1 Å². The van der Waals surface area contributed by atoms with E-state index in [-0.39, 0.29) is 0 Å². The first-order chi connectivity index (χ1) is 8.65. The van der Waals surface area contributed by atoms with E-state index in [4.69, 9.17) is 0 Å². The zero-order chi connectivity index (χ0) is 12.7. The summed E-state index contributed by atoms with van der Waals surface area (Å²) in [7, 11) is 0. The van der Waals surface area contributed by atoms with E-state index < -0.39 is 0 Å². The molecular formula is C16H24N2. The molecule has 0 radical (unpaired) electrons. The minimum Gasteiger partial charge on any atom is -0.382 e. The zero-order valence-electron chi connectivity index (χ0n) is 11.8. The standard InChI is InChI=1S/C16H24N2/c1-11-8-14-15(9-12(11)2)17-13(3)10-16(14)18-6-4-5-7-18/h8-9,13,16-17H,4-7,10H2,1-3H3. The Morgan fingerprint density at radius 1 is 1.11 bits per heavy atom. The van der Waals surface area contributed by atoms with E-state index in [9.17, 15) is 0 Å². The highest BCUT2D eigenvalue weighted by Gasteiger charge is 2.30. The van der Waals surface area contributed by atoms with Crippen molar-refractivity contribution in [2.75, 3.05) is 18.4 Å². The number of hydrogen-bond donors (Lipinski definition) is 1. The van der Waals surface area contributed by atoms with Crippen LogP contribution in [0.5, 0.6) is 0 Å². The summed E-state index contributed by atoms with van der Waals surface area (Å²) in [6, 6.07) is 5.97. The van der Waals surface area contributed by atoms with Gasteiger partial charge in [0.25, 0.3) is 0 Å². The van der Waals surface area contributed by atoms with Gasteiger partial charge in [0.15, 0.2) is 0 Å². The van der Waals surface area contributed by atoms with Crippen molar-refractivity contribution in [3.05, 3.63) is 28.8 Å². The van der Waals surface area contributed by atoms with Crippen molar-refractivity contribution >= 4 is 5.69 Å². The second kappa shape index (κ2) is 4.58. The number of benzene rings is 1. The molecule has 2 aliphatic rings. The third-order valence-corrected chi connectivity index (χ3v) is 4.59. The number of hydrogen-bond acceptors (Lipinski definition) is 2. The molecule has 0 saturated carbocycles. The number of nitrogens with zero attached hydrogens (tertiary/aromatic N) is 1. The van der Waals surface area contributed by atoms with Gasteiger partial charge < -0.3 is 5.32 Å². The summed E-state index contributed by atoms with van der Waals surface area (Å²) in [4.78, 5) is 2.69. The molecule has 2 nitrogen and oxygen atoms in total. The molecule has 0 amide bonds. The zero-order valence-corrected chi connectivity index (χ0v) is 11.8. The van der Waals surface area contributed by atoms with Gasteiger partial charge in [-0.05, 0) is 75.9 Å². The Kier molecular flexibility index (Phi) is 3.06. The Labute approximate surface area is 110 Å². The van der Waals surface area contributed by atoms with E-state index in [2.05, 4.69) is 43.1 Å². The average molecular weight is 244 g/mol. The maximum atomic E-state index is 3.65. The Morgan fingerprint density at radius 2 is 1.78 bits per heavy atom. The SMILES string of the molecule is Cc1cc2c(cc1C)C(N1CCCC1)CC(C)N2. The van der Waals surface area contributed by atoms with Crippen LogP contribution in [0.25, 0.3) is 0 Å². The predicted octanol–water partition coefficient (Wildman–Crippen LogP) is 3.64. The largest absolute Gasteiger partial charge is 0.382 e. The Morgan fingerprint density at radius 3 is 2.50 bits per heavy atom. The second-order valence-corrected chi connectivity index (χ2v) is 6.06. The van der Waals surface area contributed by atoms with Crippen LogP contribution in [-0.4, -0.2) is 24.0 Å². The number of likely N-dealkylation sites (tertiary alicyclic amines) is 1. The highest BCUT2D eigenvalue weighted by Crippen LogP contribution is 2.39. The number of nitrogens with one attached hydrogen (secondary N) is 1. The summed E-state index contributed by atoms with van der Waals surface area (Å²) < 4.78 is 0. The van der Waals surface area contributed by atoms with E-state index in [1.807, 2.05) is 0 Å². The average Bonchev–Trinajstić information content (AvgIpc) is 2.84. The molecule has 2 atom stereocenters. The fourth-order valence-electron chi connectivity index (χ4n) is 3.42. The molecule has 3 rings (SSSR count). The summed E-state index contributed by atoms with van der Waals surface area (Å²) in [5, 5.41) is 3.65. The molecule has 1 fully saturated rings. The van der Waals surface area contributed by atoms with E-state index in [0.29, 0.717) is 12.1 Å². The number of aryl methyl sites for hydroxylation is 2. The molecular weight excluding hydrogens is 220 g/mol. The first-order valence-electron chi connectivity index (χ1n) is 7.27. The summed E-state index contributed by atoms with van der Waals surface area (Å²) in [5.74, 6) is 0. The quantitative estimate of drug-likeness (QED) is 0.811. The van der Waals surface area contributed by atoms with Gasteiger partial charge in [0, 0.05) is 17.8 Å². The molecule has 1 aromatic carbocycles. The maximum absolute atomic E-state index is 3.65. The molecule has 98 valence electrons. The number of fused-ring (bicyclic) bond motifs is 1. The molecule has 2 unspecified atom stereocenters. The van der Waals surface area contributed by atoms with Gasteiger partial charge in [-0.15, -0.1) is 0 Å². The Bertz CT molecular complexity index is 447. The van der Waals surface area contributed by atoms with E-state index >= 15 is 0 Å². The van der Waals surface area contributed by atoms with Gasteiger partial charge in [-0.25, -0.2) is 0 Å². The highest BCUT2D eigenvalue weighted by molar-refractivity contribution is 5.59. The van der Waals surface area contributed by atoms with Gasteiger partial charge in [-0.1, -0.05) is 6.07 Å². The molecule has 1 aromatic rings. The Hall–Kier alpha value is -1.02. The lowest BCUT2D eigenvalue weighted by Gasteiger charge is -2.37. The summed E-state index contributed by atoms with van der Waals surface area (Å²) >= 11 is 0. The first kappa shape index (κ1) is 12.0. The first-order valence-corrected chi connectivity index (χ1v) is 7.27. The molecule has 18 heavy (non-hydrogen) atoms. The molecule has 2 aliphatic heterocycles. The minimum atomic E-state index is 0.588. The van der Waals surface area contributed by atoms with Crippen LogP contribution in [0.2, 0.25) is 0 Å². The lowest BCUT2D eigenvalue weighted by atomic mass is 9.90. The summed E-state index contributed by atoms with van der Waals surface area (Å²) in [5.41, 5.74) is 5.72. The van der Waals surface area contributed by atoms with Gasteiger partial charge in [-0.3, -0.25) is 4.90 Å². The van der Waals surface area contributed by atoms with Crippen molar-refractivity contribution in [2.24, 2.45) is 0 Å². The molecule has 0 bridgehead atoms. The van der Waals surface area contributed by atoms with Crippen LogP contribution >= 0.6 is 0 Å². The number of anilines is 1. The van der Waals surface area contributed by atoms with Crippen LogP contribution in [0.4, 0.5) is 5.69 Å². The third-order valence-electron chi connectivity index (χ3n) is 4.59. The van der Waals surface area contributed by atoms with Gasteiger partial charge in [0.2, 0.25) is 0 Å². The van der Waals surface area contributed by atoms with Gasteiger partial charge in [0.1, 0.15) is 0 Å². The maximum Gasteiger partial charge on any atom is 0.0393 e. The van der Waals surface area contributed by atoms with Crippen molar-refractivity contribution in [2.45, 2.75) is 52.1 Å². The molecule has 0 aromatic heterocycles. The monoisotopic (exact) mass is 244 g/mol. The second-order valence-electron chi connectivity index (χ2n) is 6.06. The van der Waals surface area contributed by atoms with Crippen molar-refractivity contribution < 1.29 is 0 Å². The van der Waals surface area contributed by atoms with Crippen LogP contribution < -0.4 is 5.32 Å². The van der Waals surface area contributed by atoms with Gasteiger partial charge in [0.05, 0.1) is 0 Å². The fourth-order valence-corrected chi connectivity index (χ4v) is 3.42. The van der Waals surface area contributed by atoms with Gasteiger partial charge in [-0.2, -0.15) is 0 Å². The molecule has 2 heterocycles. The van der Waals surface area contributed by atoms with E-state index in [1.54, 1.807) is 0 Å². The van der Waals surface area contributed by atoms with Crippen LogP contribution in [0.1, 0.15) is 48.9 Å². The summed E-state index contributed by atoms with van der Waals surface area (Å²) in [6.07, 6.45) is 3.99.